The van der Waals surface area contributed by atoms with Gasteiger partial charge in [-0.2, -0.15) is 18.3 Å². The second-order valence-electron chi connectivity index (χ2n) is 33.7. The summed E-state index contributed by atoms with van der Waals surface area (Å²) in [6.07, 6.45) is 16.3. The second kappa shape index (κ2) is 29.9. The largest absolute Gasteiger partial charge is 0.398 e. The average Bonchev–Trinajstić information content (AvgIpc) is 1.58. The van der Waals surface area contributed by atoms with Crippen LogP contribution in [0, 0.1) is 69.2 Å². The highest BCUT2D eigenvalue weighted by Crippen LogP contribution is 2.47. The molecule has 18 heterocycles. The number of hydrogen-bond donors (Lipinski definition) is 0. The number of fused-ring (bicyclic) bond motifs is 24. The van der Waals surface area contributed by atoms with Gasteiger partial charge in [-0.1, -0.05) is 82.6 Å². The monoisotopic (exact) mass is 1600 g/mol. The van der Waals surface area contributed by atoms with E-state index in [1.165, 1.54) is 190 Å². The fourth-order valence-corrected chi connectivity index (χ4v) is 23.1. The van der Waals surface area contributed by atoms with Crippen molar-refractivity contribution in [2.24, 2.45) is 0 Å². The van der Waals surface area contributed by atoms with Gasteiger partial charge in [-0.25, -0.2) is 0 Å². The first kappa shape index (κ1) is 76.1. The van der Waals surface area contributed by atoms with Crippen LogP contribution in [0.4, 0.5) is 0 Å². The normalized spacial score (nSPS) is 17.1. The number of aryl methyl sites for hydroxylation is 10. The Bertz CT molecular complexity index is 6950. The Balaban J connectivity index is 0.0000000916. The Hall–Kier alpha value is -11.9. The summed E-state index contributed by atoms with van der Waals surface area (Å²) in [6, 6.07) is 83.5. The molecule has 7 aliphatic rings. The predicted molar refractivity (Wildman–Crippen MR) is 480 cm³/mol. The molecule has 11 aromatic heterocycles. The molecule has 7 aromatic carbocycles. The molecule has 118 heavy (non-hydrogen) atoms. The molecule has 10 nitrogen and oxygen atoms in total. The Morgan fingerprint density at radius 1 is 0.297 bits per heavy atom. The van der Waals surface area contributed by atoms with Crippen LogP contribution in [0.1, 0.15) is 174 Å². The number of pyridine rings is 7. The zero-order valence-corrected chi connectivity index (χ0v) is 73.1. The summed E-state index contributed by atoms with van der Waals surface area (Å²) < 4.78 is 30.1. The van der Waals surface area contributed by atoms with Gasteiger partial charge in [-0.3, -0.25) is 0 Å². The fraction of sp³-hybridized carbons (Fsp3) is 0.229. The highest BCUT2D eigenvalue weighted by Gasteiger charge is 2.44. The van der Waals surface area contributed by atoms with Crippen LogP contribution in [0.3, 0.4) is 0 Å². The number of benzene rings is 7. The minimum Gasteiger partial charge on any atom is -0.398 e. The summed E-state index contributed by atoms with van der Waals surface area (Å²) in [6.45, 7) is 37.4. The summed E-state index contributed by atoms with van der Waals surface area (Å²) in [5, 5.41) is 5.49. The number of para-hydroxylation sites is 3. The molecule has 7 aliphatic heterocycles. The minimum absolute atomic E-state index is 0.346. The van der Waals surface area contributed by atoms with Crippen LogP contribution in [0.15, 0.2) is 272 Å². The molecule has 0 N–H and O–H groups in total. The third-order valence-electron chi connectivity index (χ3n) is 25.2. The van der Waals surface area contributed by atoms with E-state index in [9.17, 15) is 0 Å². The van der Waals surface area contributed by atoms with Gasteiger partial charge in [-0.05, 0) is 190 Å². The number of oxazole rings is 1. The van der Waals surface area contributed by atoms with Crippen molar-refractivity contribution < 1.29 is 45.5 Å². The molecule has 7 unspecified atom stereocenters. The van der Waals surface area contributed by atoms with Gasteiger partial charge in [0.2, 0.25) is 28.2 Å². The number of rotatable bonds is 0. The number of hydrogen-bond acceptors (Lipinski definition) is 4. The minimum atomic E-state index is 0.346. The van der Waals surface area contributed by atoms with Crippen LogP contribution in [0.5, 0.6) is 0 Å². The standard InChI is InChI=1S/C17H16NS.C16H14NO.C16H14NS.C15H14N2.C15H16N.C13H14N2.C13H14NS/c1-10-4-6-13-15(8-10)19-17-14-7-5-11(2)9-18(14)12(3)16(13)17;2*1-10-7-8-12-13(9-10)11(2)17-14-5-3-4-6-15(14)18-16(12)17;1-10-8-13-6-5-12-4-3-7-16-11(2)17(9-10)15(13)14(12)16;1-10-4-6-13-14(8-10)12(3)16-9-11(2)5-7-15(13)16;1-10-6-7-13-12-5-3-4-8-14(12)11(2)15(13)9-10;1-8-4-5-12-13-11(6-9(2)15-13)10(3)14(12)7-8/h4-9,12H,1-3H3;2*3-9,11H,1-2H3;3-9,11H,1-2H3;4-9,12H,1-3H3;3-9,11H,1-2H3;4-7,10H,1-3H3/q3*+1;+2;+1;+2;+1. The zero-order valence-electron chi connectivity index (χ0n) is 70.6. The molecule has 25 rings (SSSR count). The van der Waals surface area contributed by atoms with Gasteiger partial charge in [0, 0.05) is 154 Å². The van der Waals surface area contributed by atoms with E-state index in [4.69, 9.17) is 4.42 Å². The Labute approximate surface area is 704 Å². The number of nitrogens with zero attached hydrogens (tertiary/aromatic N) is 9. The summed E-state index contributed by atoms with van der Waals surface area (Å²) in [7, 11) is 0. The summed E-state index contributed by atoms with van der Waals surface area (Å²) >= 11 is 5.74. The van der Waals surface area contributed by atoms with Crippen LogP contribution < -0.4 is 41.1 Å². The number of aromatic nitrogens is 9. The number of thiazole rings is 1. The fourth-order valence-electron chi connectivity index (χ4n) is 19.2. The van der Waals surface area contributed by atoms with Crippen molar-refractivity contribution in [3.63, 3.8) is 0 Å². The first-order chi connectivity index (χ1) is 57.0. The lowest BCUT2D eigenvalue weighted by Crippen LogP contribution is -2.50. The molecule has 0 spiro atoms. The third kappa shape index (κ3) is 13.0. The molecule has 0 bridgehead atoms. The molecule has 0 saturated heterocycles. The first-order valence-corrected chi connectivity index (χ1v) is 44.2. The molecule has 0 amide bonds. The van der Waals surface area contributed by atoms with Crippen LogP contribution >= 0.6 is 34.0 Å². The van der Waals surface area contributed by atoms with Crippen LogP contribution in [-0.2, 0) is 0 Å². The van der Waals surface area contributed by atoms with E-state index in [0.717, 1.165) is 11.5 Å². The Morgan fingerprint density at radius 3 is 1.53 bits per heavy atom. The van der Waals surface area contributed by atoms with Crippen LogP contribution in [0.2, 0.25) is 0 Å². The molecular weight excluding hydrogens is 1500 g/mol. The summed E-state index contributed by atoms with van der Waals surface area (Å²) in [5.74, 6) is 0.985. The van der Waals surface area contributed by atoms with E-state index in [0.29, 0.717) is 42.5 Å². The van der Waals surface area contributed by atoms with Crippen molar-refractivity contribution in [1.82, 2.24) is 0 Å². The lowest BCUT2D eigenvalue weighted by Gasteiger charge is -2.03. The van der Waals surface area contributed by atoms with E-state index >= 15 is 0 Å². The van der Waals surface area contributed by atoms with Gasteiger partial charge < -0.3 is 4.42 Å². The van der Waals surface area contributed by atoms with Gasteiger partial charge in [0.1, 0.15) is 14.5 Å². The maximum absolute atomic E-state index is 6.01. The zero-order chi connectivity index (χ0) is 81.5. The van der Waals surface area contributed by atoms with Crippen molar-refractivity contribution >= 4 is 87.2 Å². The van der Waals surface area contributed by atoms with Gasteiger partial charge in [0.25, 0.3) is 32.9 Å². The highest BCUT2D eigenvalue weighted by atomic mass is 32.1. The predicted octanol–water partition coefficient (Wildman–Crippen LogP) is 22.4. The topological polar surface area (TPSA) is 48.1 Å². The lowest BCUT2D eigenvalue weighted by atomic mass is 10.0. The van der Waals surface area contributed by atoms with Crippen molar-refractivity contribution in [3.05, 3.63) is 351 Å². The van der Waals surface area contributed by atoms with Crippen molar-refractivity contribution in [3.8, 4) is 65.8 Å². The quantitative estimate of drug-likeness (QED) is 0.110. The summed E-state index contributed by atoms with van der Waals surface area (Å²) in [5.41, 5.74) is 36.1. The average molecular weight is 1600 g/mol. The maximum atomic E-state index is 6.01. The summed E-state index contributed by atoms with van der Waals surface area (Å²) in [4.78, 5) is 4.33. The SMILES string of the molecule is Cc1cc2ccc3ccc[n+]4c3c2[n+](c1)C4C.Cc1ccc2[n+](c1)C(C)[n+]1ccccc1-2.Cc1ccc2[n+](c1)C(C)c1cc(C)sc1-2.Cc1ccc2c(c1)C(C)[n+]1c-2oc2ccccc21.Cc1ccc2c(c1)C(C)[n+]1c-2sc2ccccc21.Cc1ccc2c(c1)C(C)[n+]1cc(C)ccc1-2.Cc1ccc2c3c(sc2c1)-c1ccc(C)c[n+]1C3C. The lowest BCUT2D eigenvalue weighted by molar-refractivity contribution is -0.906. The first-order valence-electron chi connectivity index (χ1n) is 41.7. The van der Waals surface area contributed by atoms with Gasteiger partial charge >= 0.3 is 18.2 Å². The molecule has 7 atom stereocenters. The number of thiophene rings is 2. The van der Waals surface area contributed by atoms with E-state index in [1.54, 1.807) is 0 Å². The Morgan fingerprint density at radius 2 is 0.805 bits per heavy atom. The molecule has 0 aliphatic carbocycles. The Kier molecular flexibility index (Phi) is 19.3. The van der Waals surface area contributed by atoms with Gasteiger partial charge in [0.05, 0.1) is 46.9 Å². The van der Waals surface area contributed by atoms with E-state index in [1.807, 2.05) is 46.1 Å². The molecule has 0 fully saturated rings. The molecule has 582 valence electrons. The highest BCUT2D eigenvalue weighted by molar-refractivity contribution is 7.22. The van der Waals surface area contributed by atoms with Crippen LogP contribution in [0.25, 0.3) is 119 Å². The van der Waals surface area contributed by atoms with E-state index in [2.05, 4.69) is 415 Å². The molecule has 13 heteroatoms. The van der Waals surface area contributed by atoms with Gasteiger partial charge in [-0.15, -0.1) is 45.5 Å². The molecule has 18 aromatic rings. The van der Waals surface area contributed by atoms with Crippen molar-refractivity contribution in [1.29, 1.82) is 0 Å². The van der Waals surface area contributed by atoms with Crippen molar-refractivity contribution in [2.75, 3.05) is 0 Å². The second-order valence-corrected chi connectivity index (χ2v) is 37.0. The van der Waals surface area contributed by atoms with Crippen molar-refractivity contribution in [2.45, 2.75) is 160 Å². The molecular formula is C105H102N9OS3+9. The van der Waals surface area contributed by atoms with Gasteiger partial charge in [0.15, 0.2) is 73.6 Å². The van der Waals surface area contributed by atoms with E-state index in [-0.39, 0.29) is 0 Å². The maximum Gasteiger partial charge on any atom is 0.382 e. The van der Waals surface area contributed by atoms with E-state index < -0.39 is 0 Å². The molecule has 0 saturated carbocycles. The smallest absolute Gasteiger partial charge is 0.382 e. The van der Waals surface area contributed by atoms with Crippen LogP contribution in [-0.4, -0.2) is 0 Å². The molecule has 0 radical (unpaired) electrons. The third-order valence-corrected chi connectivity index (χ3v) is 28.6.